The number of sulfone groups is 1. The number of carbonyl (C=O) groups excluding carboxylic acids is 1. The summed E-state index contributed by atoms with van der Waals surface area (Å²) in [5.41, 5.74) is 0.506. The van der Waals surface area contributed by atoms with Gasteiger partial charge in [0.15, 0.2) is 16.4 Å². The number of aromatic nitrogens is 1. The molecule has 10 heteroatoms. The van der Waals surface area contributed by atoms with Gasteiger partial charge in [-0.1, -0.05) is 0 Å². The molecule has 1 unspecified atom stereocenters. The van der Waals surface area contributed by atoms with Gasteiger partial charge < -0.3 is 10.1 Å². The number of nitrogens with one attached hydrogen (secondary N) is 1. The van der Waals surface area contributed by atoms with E-state index in [0.29, 0.717) is 5.56 Å². The lowest BCUT2D eigenvalue weighted by molar-refractivity contribution is -0.154. The van der Waals surface area contributed by atoms with Crippen LogP contribution in [0.5, 0.6) is 5.88 Å². The van der Waals surface area contributed by atoms with Crippen LogP contribution in [0.25, 0.3) is 0 Å². The molecule has 1 aromatic heterocycles. The molecule has 0 radical (unpaired) electrons. The number of nitrogens with zero attached hydrogens (tertiary/aromatic N) is 1. The molecule has 0 spiro atoms. The van der Waals surface area contributed by atoms with Gasteiger partial charge in [0.2, 0.25) is 11.8 Å². The van der Waals surface area contributed by atoms with Crippen molar-refractivity contribution in [2.24, 2.45) is 5.92 Å². The number of hydrogen-bond donors (Lipinski definition) is 1. The second-order valence-corrected chi connectivity index (χ2v) is 7.45. The monoisotopic (exact) mass is 352 g/mol. The Morgan fingerprint density at radius 1 is 1.43 bits per heavy atom. The van der Waals surface area contributed by atoms with Crippen molar-refractivity contribution in [1.29, 1.82) is 0 Å². The molecule has 1 fully saturated rings. The first-order valence-corrected chi connectivity index (χ1v) is 8.59. The van der Waals surface area contributed by atoms with Crippen LogP contribution in [0, 0.1) is 5.92 Å². The van der Waals surface area contributed by atoms with Gasteiger partial charge in [-0.2, -0.15) is 13.2 Å². The van der Waals surface area contributed by atoms with Gasteiger partial charge in [-0.25, -0.2) is 13.4 Å². The maximum atomic E-state index is 12.1. The molecule has 2 rings (SSSR count). The number of alkyl halides is 3. The van der Waals surface area contributed by atoms with Gasteiger partial charge in [0.05, 0.1) is 17.4 Å². The van der Waals surface area contributed by atoms with E-state index in [1.54, 1.807) is 0 Å². The highest BCUT2D eigenvalue weighted by Gasteiger charge is 2.32. The topological polar surface area (TPSA) is 85.4 Å². The lowest BCUT2D eigenvalue weighted by Crippen LogP contribution is -2.31. The Morgan fingerprint density at radius 2 is 2.17 bits per heavy atom. The van der Waals surface area contributed by atoms with Crippen molar-refractivity contribution in [3.8, 4) is 5.88 Å². The number of hydrogen-bond acceptors (Lipinski definition) is 5. The summed E-state index contributed by atoms with van der Waals surface area (Å²) in [4.78, 5) is 15.5. The SMILES string of the molecule is O=C(NCc1ccnc(OCC(F)(F)F)c1)C1CCS(=O)(=O)C1. The number of halogens is 3. The molecular formula is C13H15F3N2O4S. The minimum Gasteiger partial charge on any atom is -0.468 e. The smallest absolute Gasteiger partial charge is 0.422 e. The van der Waals surface area contributed by atoms with E-state index in [1.807, 2.05) is 0 Å². The van der Waals surface area contributed by atoms with Gasteiger partial charge in [0.1, 0.15) is 0 Å². The highest BCUT2D eigenvalue weighted by molar-refractivity contribution is 7.91. The first-order chi connectivity index (χ1) is 10.6. The number of amides is 1. The van der Waals surface area contributed by atoms with E-state index in [4.69, 9.17) is 0 Å². The molecule has 1 saturated heterocycles. The van der Waals surface area contributed by atoms with Gasteiger partial charge in [0, 0.05) is 18.8 Å². The van der Waals surface area contributed by atoms with Crippen LogP contribution in [0.1, 0.15) is 12.0 Å². The predicted molar refractivity (Wildman–Crippen MR) is 74.4 cm³/mol. The van der Waals surface area contributed by atoms with Crippen molar-refractivity contribution in [2.75, 3.05) is 18.1 Å². The number of ether oxygens (including phenoxy) is 1. The molecule has 1 atom stereocenters. The first kappa shape index (κ1) is 17.5. The van der Waals surface area contributed by atoms with E-state index < -0.39 is 28.5 Å². The number of pyridine rings is 1. The van der Waals surface area contributed by atoms with Gasteiger partial charge in [-0.15, -0.1) is 0 Å². The summed E-state index contributed by atoms with van der Waals surface area (Å²) in [6, 6.07) is 2.81. The van der Waals surface area contributed by atoms with Crippen molar-refractivity contribution >= 4 is 15.7 Å². The zero-order chi connectivity index (χ0) is 17.1. The fraction of sp³-hybridized carbons (Fsp3) is 0.538. The Bertz CT molecular complexity index is 676. The number of rotatable bonds is 5. The molecule has 1 aliphatic rings. The molecule has 0 bridgehead atoms. The zero-order valence-electron chi connectivity index (χ0n) is 12.0. The standard InChI is InChI=1S/C13H15F3N2O4S/c14-13(15,16)8-22-11-5-9(1-3-17-11)6-18-12(19)10-2-4-23(20,21)7-10/h1,3,5,10H,2,4,6-8H2,(H,18,19). The third-order valence-electron chi connectivity index (χ3n) is 3.25. The van der Waals surface area contributed by atoms with E-state index in [1.165, 1.54) is 18.3 Å². The Morgan fingerprint density at radius 3 is 2.78 bits per heavy atom. The largest absolute Gasteiger partial charge is 0.468 e. The van der Waals surface area contributed by atoms with Gasteiger partial charge in [0.25, 0.3) is 0 Å². The summed E-state index contributed by atoms with van der Waals surface area (Å²) in [5.74, 6) is -1.34. The second-order valence-electron chi connectivity index (χ2n) is 5.22. The second kappa shape index (κ2) is 6.73. The molecule has 1 aromatic rings. The summed E-state index contributed by atoms with van der Waals surface area (Å²) in [7, 11) is -3.15. The Labute approximate surface area is 131 Å². The number of carbonyl (C=O) groups is 1. The molecule has 1 N–H and O–H groups in total. The van der Waals surface area contributed by atoms with Gasteiger partial charge in [-0.3, -0.25) is 4.79 Å². The predicted octanol–water partition coefficient (Wildman–Crippen LogP) is 1.07. The van der Waals surface area contributed by atoms with Crippen LogP contribution in [-0.4, -0.2) is 43.6 Å². The molecule has 1 aliphatic heterocycles. The molecule has 1 amide bonds. The molecule has 0 saturated carbocycles. The van der Waals surface area contributed by atoms with Crippen LogP contribution in [0.2, 0.25) is 0 Å². The quantitative estimate of drug-likeness (QED) is 0.857. The summed E-state index contributed by atoms with van der Waals surface area (Å²) >= 11 is 0. The molecule has 0 aromatic carbocycles. The minimum atomic E-state index is -4.46. The molecule has 6 nitrogen and oxygen atoms in total. The Hall–Kier alpha value is -1.84. The Kier molecular flexibility index (Phi) is 5.12. The average molecular weight is 352 g/mol. The van der Waals surface area contributed by atoms with Crippen molar-refractivity contribution < 1.29 is 31.1 Å². The van der Waals surface area contributed by atoms with Crippen LogP contribution >= 0.6 is 0 Å². The molecule has 2 heterocycles. The van der Waals surface area contributed by atoms with Crippen LogP contribution < -0.4 is 10.1 Å². The summed E-state index contributed by atoms with van der Waals surface area (Å²) < 4.78 is 63.4. The highest BCUT2D eigenvalue weighted by Crippen LogP contribution is 2.19. The summed E-state index contributed by atoms with van der Waals surface area (Å²) in [6.45, 7) is -1.39. The molecule has 0 aliphatic carbocycles. The van der Waals surface area contributed by atoms with E-state index in [2.05, 4.69) is 15.0 Å². The van der Waals surface area contributed by atoms with Crippen LogP contribution in [0.3, 0.4) is 0 Å². The van der Waals surface area contributed by atoms with Crippen molar-refractivity contribution in [1.82, 2.24) is 10.3 Å². The summed E-state index contributed by atoms with van der Waals surface area (Å²) in [6.07, 6.45) is -2.91. The van der Waals surface area contributed by atoms with E-state index >= 15 is 0 Å². The van der Waals surface area contributed by atoms with Crippen LogP contribution in [-0.2, 0) is 21.2 Å². The van der Waals surface area contributed by atoms with Crippen LogP contribution in [0.4, 0.5) is 13.2 Å². The lowest BCUT2D eigenvalue weighted by Gasteiger charge is -2.11. The minimum absolute atomic E-state index is 0.00419. The first-order valence-electron chi connectivity index (χ1n) is 6.77. The maximum Gasteiger partial charge on any atom is 0.422 e. The molecule has 128 valence electrons. The van der Waals surface area contributed by atoms with Crippen molar-refractivity contribution in [3.05, 3.63) is 23.9 Å². The maximum absolute atomic E-state index is 12.1. The molecular weight excluding hydrogens is 337 g/mol. The lowest BCUT2D eigenvalue weighted by atomic mass is 10.1. The highest BCUT2D eigenvalue weighted by atomic mass is 32.2. The van der Waals surface area contributed by atoms with Crippen molar-refractivity contribution in [2.45, 2.75) is 19.1 Å². The fourth-order valence-corrected chi connectivity index (χ4v) is 3.87. The Balaban J connectivity index is 1.87. The van der Waals surface area contributed by atoms with E-state index in [9.17, 15) is 26.4 Å². The van der Waals surface area contributed by atoms with Gasteiger partial charge >= 0.3 is 6.18 Å². The zero-order valence-corrected chi connectivity index (χ0v) is 12.8. The van der Waals surface area contributed by atoms with Crippen LogP contribution in [0.15, 0.2) is 18.3 Å². The summed E-state index contributed by atoms with van der Waals surface area (Å²) in [5, 5.41) is 2.57. The third kappa shape index (κ3) is 5.70. The molecule has 23 heavy (non-hydrogen) atoms. The van der Waals surface area contributed by atoms with E-state index in [-0.39, 0.29) is 36.3 Å². The van der Waals surface area contributed by atoms with E-state index in [0.717, 1.165) is 0 Å². The normalized spacial score (nSPS) is 20.2. The van der Waals surface area contributed by atoms with Crippen molar-refractivity contribution in [3.63, 3.8) is 0 Å². The van der Waals surface area contributed by atoms with Gasteiger partial charge in [-0.05, 0) is 18.1 Å². The fourth-order valence-electron chi connectivity index (χ4n) is 2.13. The average Bonchev–Trinajstić information content (AvgIpc) is 2.83. The third-order valence-corrected chi connectivity index (χ3v) is 5.02.